The molecule has 0 radical (unpaired) electrons. The summed E-state index contributed by atoms with van der Waals surface area (Å²) in [5, 5.41) is 6.45. The molecule has 1 atom stereocenters. The number of hydrogen-bond donors (Lipinski definition) is 2. The van der Waals surface area contributed by atoms with Crippen LogP contribution >= 0.6 is 24.0 Å². The van der Waals surface area contributed by atoms with Gasteiger partial charge in [0.15, 0.2) is 5.96 Å². The van der Waals surface area contributed by atoms with Gasteiger partial charge in [0.2, 0.25) is 0 Å². The van der Waals surface area contributed by atoms with E-state index in [-0.39, 0.29) is 24.0 Å². The number of hydrogen-bond acceptors (Lipinski definition) is 2. The molecule has 1 unspecified atom stereocenters. The van der Waals surface area contributed by atoms with Gasteiger partial charge in [0.25, 0.3) is 0 Å². The third-order valence-corrected chi connectivity index (χ3v) is 4.23. The molecule has 0 amide bonds. The largest absolute Gasteiger partial charge is 0.357 e. The van der Waals surface area contributed by atoms with Crippen molar-refractivity contribution >= 4 is 40.7 Å². The average Bonchev–Trinajstić information content (AvgIpc) is 2.48. The summed E-state index contributed by atoms with van der Waals surface area (Å²) in [6.07, 6.45) is 2.24. The van der Waals surface area contributed by atoms with Gasteiger partial charge in [0, 0.05) is 41.9 Å². The quantitative estimate of drug-likeness (QED) is 0.270. The normalized spacial score (nSPS) is 12.4. The Morgan fingerprint density at radius 3 is 2.55 bits per heavy atom. The van der Waals surface area contributed by atoms with Crippen LogP contribution in [0.2, 0.25) is 0 Å². The fourth-order valence-corrected chi connectivity index (χ4v) is 2.84. The molecular weight excluding hydrogens is 409 g/mol. The van der Waals surface area contributed by atoms with Gasteiger partial charge in [-0.1, -0.05) is 43.7 Å². The first-order valence-corrected chi connectivity index (χ1v) is 9.16. The summed E-state index contributed by atoms with van der Waals surface area (Å²) >= 11 is 0. The minimum absolute atomic E-state index is 0. The standard InChI is InChI=1S/C16H27N3OS.HI/c1-3-5-11-18-16(17-4-2)19-12-13-21(20)14-15-9-7-6-8-10-15;/h6-10H,3-5,11-14H2,1-2H3,(H2,17,18,19);1H. The van der Waals surface area contributed by atoms with Crippen LogP contribution in [0.4, 0.5) is 0 Å². The molecule has 22 heavy (non-hydrogen) atoms. The summed E-state index contributed by atoms with van der Waals surface area (Å²) in [7, 11) is -0.844. The predicted octanol–water partition coefficient (Wildman–Crippen LogP) is 2.91. The Kier molecular flexibility index (Phi) is 13.6. The molecule has 1 aromatic carbocycles. The van der Waals surface area contributed by atoms with Crippen molar-refractivity contribution in [1.82, 2.24) is 10.6 Å². The van der Waals surface area contributed by atoms with Gasteiger partial charge < -0.3 is 10.6 Å². The van der Waals surface area contributed by atoms with Crippen LogP contribution in [0.1, 0.15) is 32.3 Å². The van der Waals surface area contributed by atoms with E-state index in [1.165, 1.54) is 0 Å². The Labute approximate surface area is 154 Å². The molecule has 0 aliphatic carbocycles. The summed E-state index contributed by atoms with van der Waals surface area (Å²) in [6.45, 7) is 6.55. The van der Waals surface area contributed by atoms with E-state index in [4.69, 9.17) is 0 Å². The third kappa shape index (κ3) is 10.2. The van der Waals surface area contributed by atoms with E-state index in [0.717, 1.165) is 37.5 Å². The third-order valence-electron chi connectivity index (χ3n) is 2.92. The highest BCUT2D eigenvalue weighted by Crippen LogP contribution is 2.02. The molecule has 6 heteroatoms. The van der Waals surface area contributed by atoms with E-state index in [2.05, 4.69) is 22.5 Å². The van der Waals surface area contributed by atoms with Gasteiger partial charge in [-0.05, 0) is 18.9 Å². The van der Waals surface area contributed by atoms with E-state index in [1.807, 2.05) is 37.3 Å². The average molecular weight is 437 g/mol. The van der Waals surface area contributed by atoms with Gasteiger partial charge in [-0.15, -0.1) is 24.0 Å². The van der Waals surface area contributed by atoms with Crippen molar-refractivity contribution in [2.75, 3.05) is 25.4 Å². The molecule has 0 heterocycles. The number of nitrogens with zero attached hydrogens (tertiary/aromatic N) is 1. The minimum atomic E-state index is -0.844. The number of halogens is 1. The second-order valence-corrected chi connectivity index (χ2v) is 6.39. The van der Waals surface area contributed by atoms with E-state index >= 15 is 0 Å². The molecule has 126 valence electrons. The molecule has 4 nitrogen and oxygen atoms in total. The van der Waals surface area contributed by atoms with Crippen molar-refractivity contribution in [3.05, 3.63) is 35.9 Å². The fourth-order valence-electron chi connectivity index (χ4n) is 1.81. The molecule has 0 fully saturated rings. The predicted molar refractivity (Wildman–Crippen MR) is 107 cm³/mol. The zero-order valence-corrected chi connectivity index (χ0v) is 16.7. The highest BCUT2D eigenvalue weighted by Gasteiger charge is 2.02. The zero-order chi connectivity index (χ0) is 15.3. The summed E-state index contributed by atoms with van der Waals surface area (Å²) < 4.78 is 12.0. The Bertz CT molecular complexity index is 440. The molecular formula is C16H28IN3OS. The summed E-state index contributed by atoms with van der Waals surface area (Å²) in [4.78, 5) is 4.48. The second-order valence-electron chi connectivity index (χ2n) is 4.81. The van der Waals surface area contributed by atoms with E-state index in [9.17, 15) is 4.21 Å². The van der Waals surface area contributed by atoms with Crippen LogP contribution in [0, 0.1) is 0 Å². The number of benzene rings is 1. The van der Waals surface area contributed by atoms with Gasteiger partial charge in [-0.3, -0.25) is 9.20 Å². The monoisotopic (exact) mass is 437 g/mol. The number of aliphatic imine (C=N–C) groups is 1. The first kappa shape index (κ1) is 21.4. The van der Waals surface area contributed by atoms with Crippen molar-refractivity contribution in [1.29, 1.82) is 0 Å². The molecule has 0 saturated heterocycles. The molecule has 2 N–H and O–H groups in total. The molecule has 0 aromatic heterocycles. The Balaban J connectivity index is 0.00000441. The van der Waals surface area contributed by atoms with Crippen LogP contribution < -0.4 is 10.6 Å². The maximum absolute atomic E-state index is 12.0. The number of guanidine groups is 1. The van der Waals surface area contributed by atoms with Crippen LogP contribution in [0.3, 0.4) is 0 Å². The van der Waals surface area contributed by atoms with E-state index in [1.54, 1.807) is 0 Å². The summed E-state index contributed by atoms with van der Waals surface area (Å²) in [5.74, 6) is 2.07. The van der Waals surface area contributed by atoms with Crippen LogP contribution in [0.25, 0.3) is 0 Å². The SMILES string of the molecule is CCCCN=C(NCC)NCCS(=O)Cc1ccccc1.I. The van der Waals surface area contributed by atoms with E-state index < -0.39 is 10.8 Å². The van der Waals surface area contributed by atoms with Crippen molar-refractivity contribution in [3.8, 4) is 0 Å². The van der Waals surface area contributed by atoms with Crippen LogP contribution in [-0.2, 0) is 16.6 Å². The first-order valence-electron chi connectivity index (χ1n) is 7.67. The first-order chi connectivity index (χ1) is 10.3. The number of rotatable bonds is 9. The maximum atomic E-state index is 12.0. The van der Waals surface area contributed by atoms with Gasteiger partial charge in [-0.25, -0.2) is 0 Å². The van der Waals surface area contributed by atoms with Crippen LogP contribution in [0.5, 0.6) is 0 Å². The lowest BCUT2D eigenvalue weighted by Gasteiger charge is -2.11. The molecule has 0 aliphatic rings. The van der Waals surface area contributed by atoms with E-state index in [0.29, 0.717) is 18.1 Å². The zero-order valence-electron chi connectivity index (χ0n) is 13.5. The van der Waals surface area contributed by atoms with Gasteiger partial charge in [0.1, 0.15) is 0 Å². The molecule has 0 spiro atoms. The number of unbranched alkanes of at least 4 members (excludes halogenated alkanes) is 1. The summed E-state index contributed by atoms with van der Waals surface area (Å²) in [6, 6.07) is 9.97. The number of nitrogens with one attached hydrogen (secondary N) is 2. The Hall–Kier alpha value is -0.630. The highest BCUT2D eigenvalue weighted by atomic mass is 127. The molecule has 0 aliphatic heterocycles. The van der Waals surface area contributed by atoms with Crippen molar-refractivity contribution in [2.24, 2.45) is 4.99 Å². The molecule has 1 aromatic rings. The maximum Gasteiger partial charge on any atom is 0.191 e. The lowest BCUT2D eigenvalue weighted by atomic mass is 10.2. The van der Waals surface area contributed by atoms with Gasteiger partial charge in [0.05, 0.1) is 0 Å². The van der Waals surface area contributed by atoms with Crippen molar-refractivity contribution in [3.63, 3.8) is 0 Å². The highest BCUT2D eigenvalue weighted by molar-refractivity contribution is 14.0. The minimum Gasteiger partial charge on any atom is -0.357 e. The van der Waals surface area contributed by atoms with Gasteiger partial charge >= 0.3 is 0 Å². The van der Waals surface area contributed by atoms with Crippen molar-refractivity contribution < 1.29 is 4.21 Å². The smallest absolute Gasteiger partial charge is 0.191 e. The molecule has 0 saturated carbocycles. The summed E-state index contributed by atoms with van der Waals surface area (Å²) in [5.41, 5.74) is 1.12. The lowest BCUT2D eigenvalue weighted by Crippen LogP contribution is -2.39. The molecule has 1 rings (SSSR count). The van der Waals surface area contributed by atoms with Crippen molar-refractivity contribution in [2.45, 2.75) is 32.4 Å². The Morgan fingerprint density at radius 1 is 1.18 bits per heavy atom. The lowest BCUT2D eigenvalue weighted by molar-refractivity contribution is 0.680. The van der Waals surface area contributed by atoms with Gasteiger partial charge in [-0.2, -0.15) is 0 Å². The topological polar surface area (TPSA) is 53.5 Å². The Morgan fingerprint density at radius 2 is 1.91 bits per heavy atom. The van der Waals surface area contributed by atoms with Crippen LogP contribution in [0.15, 0.2) is 35.3 Å². The molecule has 0 bridgehead atoms. The fraction of sp³-hybridized carbons (Fsp3) is 0.562. The second kappa shape index (κ2) is 14.0. The van der Waals surface area contributed by atoms with Crippen LogP contribution in [-0.4, -0.2) is 35.6 Å².